The molecule has 0 spiro atoms. The number of amides is 1. The molecule has 21 heavy (non-hydrogen) atoms. The van der Waals surface area contributed by atoms with Crippen molar-refractivity contribution in [1.29, 1.82) is 0 Å². The zero-order chi connectivity index (χ0) is 15.1. The lowest BCUT2D eigenvalue weighted by molar-refractivity contribution is -0.384. The number of hydrogen-bond acceptors (Lipinski definition) is 4. The Kier molecular flexibility index (Phi) is 5.45. The standard InChI is InChI=1S/C15H19N3O3/c19-15(17-9-7-13-6-8-16-11-13)5-4-12-2-1-3-14(10-12)18(20)21/h1-5,10,13,16H,6-9,11H2,(H,17,19). The van der Waals surface area contributed by atoms with Gasteiger partial charge in [0.2, 0.25) is 5.91 Å². The Balaban J connectivity index is 1.78. The van der Waals surface area contributed by atoms with E-state index in [0.717, 1.165) is 19.5 Å². The molecule has 1 aliphatic heterocycles. The van der Waals surface area contributed by atoms with Crippen molar-refractivity contribution in [3.63, 3.8) is 0 Å². The molecular weight excluding hydrogens is 270 g/mol. The summed E-state index contributed by atoms with van der Waals surface area (Å²) in [6.45, 7) is 2.75. The van der Waals surface area contributed by atoms with E-state index in [0.29, 0.717) is 18.0 Å². The maximum atomic E-state index is 11.7. The summed E-state index contributed by atoms with van der Waals surface area (Å²) < 4.78 is 0. The number of rotatable bonds is 6. The number of hydrogen-bond donors (Lipinski definition) is 2. The van der Waals surface area contributed by atoms with Gasteiger partial charge in [0, 0.05) is 24.8 Å². The van der Waals surface area contributed by atoms with Crippen LogP contribution in [0.5, 0.6) is 0 Å². The van der Waals surface area contributed by atoms with Crippen LogP contribution in [-0.2, 0) is 4.79 Å². The van der Waals surface area contributed by atoms with Crippen molar-refractivity contribution in [3.05, 3.63) is 46.0 Å². The van der Waals surface area contributed by atoms with Crippen LogP contribution in [-0.4, -0.2) is 30.5 Å². The highest BCUT2D eigenvalue weighted by molar-refractivity contribution is 5.91. The van der Waals surface area contributed by atoms with Gasteiger partial charge in [0.1, 0.15) is 0 Å². The van der Waals surface area contributed by atoms with Crippen molar-refractivity contribution >= 4 is 17.7 Å². The van der Waals surface area contributed by atoms with Crippen molar-refractivity contribution in [2.24, 2.45) is 5.92 Å². The van der Waals surface area contributed by atoms with Crippen LogP contribution in [0.4, 0.5) is 5.69 Å². The van der Waals surface area contributed by atoms with Gasteiger partial charge in [-0.3, -0.25) is 14.9 Å². The van der Waals surface area contributed by atoms with Gasteiger partial charge in [-0.05, 0) is 43.5 Å². The van der Waals surface area contributed by atoms with Gasteiger partial charge < -0.3 is 10.6 Å². The molecule has 1 aliphatic rings. The fourth-order valence-corrected chi connectivity index (χ4v) is 2.33. The summed E-state index contributed by atoms with van der Waals surface area (Å²) in [5.74, 6) is 0.471. The van der Waals surface area contributed by atoms with Crippen LogP contribution in [0.3, 0.4) is 0 Å². The molecule has 1 amide bonds. The minimum atomic E-state index is -0.451. The predicted octanol–water partition coefficient (Wildman–Crippen LogP) is 1.72. The molecule has 2 rings (SSSR count). The van der Waals surface area contributed by atoms with E-state index in [4.69, 9.17) is 0 Å². The largest absolute Gasteiger partial charge is 0.353 e. The summed E-state index contributed by atoms with van der Waals surface area (Å²) in [6.07, 6.45) is 5.13. The molecule has 6 nitrogen and oxygen atoms in total. The van der Waals surface area contributed by atoms with Gasteiger partial charge in [-0.15, -0.1) is 0 Å². The summed E-state index contributed by atoms with van der Waals surface area (Å²) in [6, 6.07) is 6.19. The van der Waals surface area contributed by atoms with Crippen LogP contribution in [0, 0.1) is 16.0 Å². The smallest absolute Gasteiger partial charge is 0.270 e. The average molecular weight is 289 g/mol. The molecule has 2 N–H and O–H groups in total. The van der Waals surface area contributed by atoms with Crippen LogP contribution in [0.25, 0.3) is 6.08 Å². The number of carbonyl (C=O) groups excluding carboxylic acids is 1. The van der Waals surface area contributed by atoms with E-state index in [1.54, 1.807) is 18.2 Å². The quantitative estimate of drug-likeness (QED) is 0.474. The third-order valence-electron chi connectivity index (χ3n) is 3.52. The Morgan fingerprint density at radius 2 is 2.38 bits per heavy atom. The second-order valence-corrected chi connectivity index (χ2v) is 5.12. The maximum Gasteiger partial charge on any atom is 0.270 e. The van der Waals surface area contributed by atoms with Gasteiger partial charge in [-0.25, -0.2) is 0 Å². The van der Waals surface area contributed by atoms with E-state index < -0.39 is 4.92 Å². The van der Waals surface area contributed by atoms with Crippen molar-refractivity contribution in [3.8, 4) is 0 Å². The molecule has 112 valence electrons. The molecule has 0 bridgehead atoms. The lowest BCUT2D eigenvalue weighted by Gasteiger charge is -2.07. The van der Waals surface area contributed by atoms with Crippen molar-refractivity contribution in [2.75, 3.05) is 19.6 Å². The third kappa shape index (κ3) is 5.00. The van der Waals surface area contributed by atoms with Crippen LogP contribution in [0.1, 0.15) is 18.4 Å². The number of nitrogens with zero attached hydrogens (tertiary/aromatic N) is 1. The Morgan fingerprint density at radius 3 is 3.10 bits per heavy atom. The molecule has 0 radical (unpaired) electrons. The molecule has 1 unspecified atom stereocenters. The van der Waals surface area contributed by atoms with E-state index in [-0.39, 0.29) is 11.6 Å². The van der Waals surface area contributed by atoms with Gasteiger partial charge in [0.25, 0.3) is 5.69 Å². The molecule has 1 aromatic carbocycles. The molecular formula is C15H19N3O3. The first-order valence-corrected chi connectivity index (χ1v) is 7.06. The summed E-state index contributed by atoms with van der Waals surface area (Å²) in [4.78, 5) is 21.9. The third-order valence-corrected chi connectivity index (χ3v) is 3.52. The Morgan fingerprint density at radius 1 is 1.52 bits per heavy atom. The lowest BCUT2D eigenvalue weighted by Crippen LogP contribution is -2.24. The summed E-state index contributed by atoms with van der Waals surface area (Å²) in [5.41, 5.74) is 0.658. The molecule has 6 heteroatoms. The van der Waals surface area contributed by atoms with E-state index in [1.165, 1.54) is 24.6 Å². The van der Waals surface area contributed by atoms with Crippen molar-refractivity contribution in [1.82, 2.24) is 10.6 Å². The topological polar surface area (TPSA) is 84.3 Å². The second-order valence-electron chi connectivity index (χ2n) is 5.12. The first-order chi connectivity index (χ1) is 10.1. The fourth-order valence-electron chi connectivity index (χ4n) is 2.33. The van der Waals surface area contributed by atoms with E-state index >= 15 is 0 Å². The Labute approximate surface area is 123 Å². The number of non-ortho nitro benzene ring substituents is 1. The van der Waals surface area contributed by atoms with Crippen LogP contribution in [0.2, 0.25) is 0 Å². The molecule has 0 aromatic heterocycles. The van der Waals surface area contributed by atoms with Crippen molar-refractivity contribution < 1.29 is 9.72 Å². The summed E-state index contributed by atoms with van der Waals surface area (Å²) in [7, 11) is 0. The minimum absolute atomic E-state index is 0.0197. The number of carbonyl (C=O) groups is 1. The lowest BCUT2D eigenvalue weighted by atomic mass is 10.1. The molecule has 1 aromatic rings. The monoisotopic (exact) mass is 289 g/mol. The average Bonchev–Trinajstić information content (AvgIpc) is 2.99. The fraction of sp³-hybridized carbons (Fsp3) is 0.400. The maximum absolute atomic E-state index is 11.7. The van der Waals surface area contributed by atoms with E-state index in [9.17, 15) is 14.9 Å². The van der Waals surface area contributed by atoms with E-state index in [2.05, 4.69) is 10.6 Å². The highest BCUT2D eigenvalue weighted by Gasteiger charge is 2.13. The predicted molar refractivity (Wildman–Crippen MR) is 80.7 cm³/mol. The number of nitro groups is 1. The summed E-state index contributed by atoms with van der Waals surface area (Å²) in [5, 5.41) is 16.8. The van der Waals surface area contributed by atoms with Gasteiger partial charge in [-0.2, -0.15) is 0 Å². The second kappa shape index (κ2) is 7.54. The van der Waals surface area contributed by atoms with Gasteiger partial charge in [0.05, 0.1) is 4.92 Å². The molecule has 0 saturated carbocycles. The molecule has 1 heterocycles. The van der Waals surface area contributed by atoms with Crippen LogP contribution >= 0.6 is 0 Å². The molecule has 1 atom stereocenters. The highest BCUT2D eigenvalue weighted by Crippen LogP contribution is 2.14. The normalized spacial score (nSPS) is 18.0. The molecule has 0 aliphatic carbocycles. The number of nitrogens with one attached hydrogen (secondary N) is 2. The molecule has 1 fully saturated rings. The van der Waals surface area contributed by atoms with E-state index in [1.807, 2.05) is 0 Å². The Bertz CT molecular complexity index is 537. The SMILES string of the molecule is O=C(C=Cc1cccc([N+](=O)[O-])c1)NCCC1CCNC1. The zero-order valence-electron chi connectivity index (χ0n) is 11.7. The number of benzene rings is 1. The van der Waals surface area contributed by atoms with Crippen LogP contribution < -0.4 is 10.6 Å². The molecule has 1 saturated heterocycles. The first kappa shape index (κ1) is 15.2. The minimum Gasteiger partial charge on any atom is -0.353 e. The van der Waals surface area contributed by atoms with Gasteiger partial charge in [-0.1, -0.05) is 12.1 Å². The zero-order valence-corrected chi connectivity index (χ0v) is 11.7. The first-order valence-electron chi connectivity index (χ1n) is 7.06. The van der Waals surface area contributed by atoms with Crippen LogP contribution in [0.15, 0.2) is 30.3 Å². The Hall–Kier alpha value is -2.21. The van der Waals surface area contributed by atoms with Gasteiger partial charge >= 0.3 is 0 Å². The highest BCUT2D eigenvalue weighted by atomic mass is 16.6. The van der Waals surface area contributed by atoms with Gasteiger partial charge in [0.15, 0.2) is 0 Å². The van der Waals surface area contributed by atoms with Crippen molar-refractivity contribution in [2.45, 2.75) is 12.8 Å². The number of nitro benzene ring substituents is 1. The summed E-state index contributed by atoms with van der Waals surface area (Å²) >= 11 is 0.